The molecule has 78 valence electrons. The van der Waals surface area contributed by atoms with Gasteiger partial charge in [-0.2, -0.15) is 0 Å². The van der Waals surface area contributed by atoms with Crippen LogP contribution in [0.15, 0.2) is 0 Å². The van der Waals surface area contributed by atoms with Crippen LogP contribution in [0.4, 0.5) is 0 Å². The summed E-state index contributed by atoms with van der Waals surface area (Å²) in [5, 5.41) is 0. The van der Waals surface area contributed by atoms with Crippen molar-refractivity contribution in [3.8, 4) is 0 Å². The van der Waals surface area contributed by atoms with Gasteiger partial charge in [-0.3, -0.25) is 0 Å². The van der Waals surface area contributed by atoms with Crippen molar-refractivity contribution in [1.82, 2.24) is 9.80 Å². The van der Waals surface area contributed by atoms with Gasteiger partial charge in [0.1, 0.15) is 0 Å². The lowest BCUT2D eigenvalue weighted by Crippen LogP contribution is -2.40. The van der Waals surface area contributed by atoms with Crippen LogP contribution in [0.25, 0.3) is 0 Å². The summed E-state index contributed by atoms with van der Waals surface area (Å²) >= 11 is 0. The van der Waals surface area contributed by atoms with Crippen LogP contribution >= 0.6 is 0 Å². The van der Waals surface area contributed by atoms with Gasteiger partial charge < -0.3 is 9.80 Å². The van der Waals surface area contributed by atoms with Crippen LogP contribution in [0.2, 0.25) is 0 Å². The van der Waals surface area contributed by atoms with Crippen molar-refractivity contribution >= 4 is 0 Å². The summed E-state index contributed by atoms with van der Waals surface area (Å²) in [6, 6.07) is 0.736. The molecular weight excluding hydrogens is 160 g/mol. The highest BCUT2D eigenvalue weighted by atomic mass is 15.2. The summed E-state index contributed by atoms with van der Waals surface area (Å²) in [5.41, 5.74) is 0. The van der Waals surface area contributed by atoms with Gasteiger partial charge in [0.15, 0.2) is 0 Å². The Morgan fingerprint density at radius 1 is 1.23 bits per heavy atom. The lowest BCUT2D eigenvalue weighted by Gasteiger charge is -2.35. The highest BCUT2D eigenvalue weighted by molar-refractivity contribution is 4.75. The molecule has 1 aliphatic heterocycles. The lowest BCUT2D eigenvalue weighted by molar-refractivity contribution is 0.134. The van der Waals surface area contributed by atoms with E-state index in [4.69, 9.17) is 0 Å². The summed E-state index contributed by atoms with van der Waals surface area (Å²) in [6.45, 7) is 8.47. The first kappa shape index (κ1) is 11.0. The Morgan fingerprint density at radius 3 is 2.15 bits per heavy atom. The van der Waals surface area contributed by atoms with Gasteiger partial charge >= 0.3 is 0 Å². The first-order valence-corrected chi connectivity index (χ1v) is 5.48. The molecule has 1 saturated heterocycles. The molecule has 0 spiro atoms. The summed E-state index contributed by atoms with van der Waals surface area (Å²) in [7, 11) is 4.35. The molecule has 0 aromatic heterocycles. The van der Waals surface area contributed by atoms with Crippen LogP contribution in [0, 0.1) is 5.92 Å². The number of hydrogen-bond acceptors (Lipinski definition) is 2. The summed E-state index contributed by atoms with van der Waals surface area (Å²) in [5.74, 6) is 0.935. The van der Waals surface area contributed by atoms with E-state index in [1.165, 1.54) is 32.5 Å². The third-order valence-corrected chi connectivity index (χ3v) is 3.00. The molecule has 1 heterocycles. The Balaban J connectivity index is 2.22. The molecule has 1 aliphatic rings. The molecule has 0 bridgehead atoms. The molecule has 0 N–H and O–H groups in total. The van der Waals surface area contributed by atoms with E-state index >= 15 is 0 Å². The summed E-state index contributed by atoms with van der Waals surface area (Å²) in [6.07, 6.45) is 2.77. The van der Waals surface area contributed by atoms with Gasteiger partial charge in [-0.1, -0.05) is 0 Å². The largest absolute Gasteiger partial charge is 0.309 e. The standard InChI is InChI=1S/C11H24N2/c1-10(2)13-7-5-11(6-8-13)9-12(3)4/h10-11H,5-9H2,1-4H3. The van der Waals surface area contributed by atoms with Crippen LogP contribution in [-0.2, 0) is 0 Å². The number of piperidine rings is 1. The normalized spacial score (nSPS) is 21.7. The Morgan fingerprint density at radius 2 is 1.77 bits per heavy atom. The lowest BCUT2D eigenvalue weighted by atomic mass is 9.96. The second-order valence-corrected chi connectivity index (χ2v) is 4.84. The SMILES string of the molecule is CC(C)N1CCC(CN(C)C)CC1. The molecule has 1 rings (SSSR count). The fourth-order valence-corrected chi connectivity index (χ4v) is 2.17. The van der Waals surface area contributed by atoms with Crippen molar-refractivity contribution in [2.24, 2.45) is 5.92 Å². The van der Waals surface area contributed by atoms with E-state index in [1.807, 2.05) is 0 Å². The third-order valence-electron chi connectivity index (χ3n) is 3.00. The average Bonchev–Trinajstić information content (AvgIpc) is 2.04. The topological polar surface area (TPSA) is 6.48 Å². The van der Waals surface area contributed by atoms with Gasteiger partial charge in [0.05, 0.1) is 0 Å². The molecule has 0 radical (unpaired) electrons. The van der Waals surface area contributed by atoms with Crippen LogP contribution in [-0.4, -0.2) is 49.6 Å². The monoisotopic (exact) mass is 184 g/mol. The minimum atomic E-state index is 0.736. The fourth-order valence-electron chi connectivity index (χ4n) is 2.17. The second kappa shape index (κ2) is 4.97. The van der Waals surface area contributed by atoms with Crippen LogP contribution in [0.5, 0.6) is 0 Å². The number of likely N-dealkylation sites (tertiary alicyclic amines) is 1. The maximum atomic E-state index is 2.59. The molecule has 0 atom stereocenters. The van der Waals surface area contributed by atoms with Crippen LogP contribution in [0.3, 0.4) is 0 Å². The maximum absolute atomic E-state index is 2.59. The molecule has 2 heteroatoms. The predicted molar refractivity (Wildman–Crippen MR) is 58.0 cm³/mol. The molecule has 0 aromatic carbocycles. The fraction of sp³-hybridized carbons (Fsp3) is 1.00. The van der Waals surface area contributed by atoms with Crippen molar-refractivity contribution < 1.29 is 0 Å². The smallest absolute Gasteiger partial charge is 0.00385 e. The Bertz CT molecular complexity index is 135. The van der Waals surface area contributed by atoms with E-state index in [0.717, 1.165) is 12.0 Å². The van der Waals surface area contributed by atoms with Crippen LogP contribution < -0.4 is 0 Å². The van der Waals surface area contributed by atoms with E-state index in [0.29, 0.717) is 0 Å². The average molecular weight is 184 g/mol. The minimum Gasteiger partial charge on any atom is -0.309 e. The number of rotatable bonds is 3. The predicted octanol–water partition coefficient (Wildman–Crippen LogP) is 1.67. The molecule has 0 saturated carbocycles. The van der Waals surface area contributed by atoms with Gasteiger partial charge in [-0.05, 0) is 59.8 Å². The molecule has 2 nitrogen and oxygen atoms in total. The van der Waals surface area contributed by atoms with Gasteiger partial charge in [0.2, 0.25) is 0 Å². The maximum Gasteiger partial charge on any atom is 0.00385 e. The third kappa shape index (κ3) is 3.65. The van der Waals surface area contributed by atoms with Crippen molar-refractivity contribution in [1.29, 1.82) is 0 Å². The van der Waals surface area contributed by atoms with Gasteiger partial charge in [0.25, 0.3) is 0 Å². The highest BCUT2D eigenvalue weighted by Gasteiger charge is 2.20. The Hall–Kier alpha value is -0.0800. The molecule has 0 unspecified atom stereocenters. The van der Waals surface area contributed by atoms with E-state index in [-0.39, 0.29) is 0 Å². The second-order valence-electron chi connectivity index (χ2n) is 4.84. The molecule has 0 aliphatic carbocycles. The Kier molecular flexibility index (Phi) is 4.20. The van der Waals surface area contributed by atoms with Crippen molar-refractivity contribution in [2.75, 3.05) is 33.7 Å². The zero-order valence-electron chi connectivity index (χ0n) is 9.58. The number of hydrogen-bond donors (Lipinski definition) is 0. The molecule has 1 fully saturated rings. The zero-order valence-corrected chi connectivity index (χ0v) is 9.58. The van der Waals surface area contributed by atoms with E-state index < -0.39 is 0 Å². The highest BCUT2D eigenvalue weighted by Crippen LogP contribution is 2.18. The first-order valence-electron chi connectivity index (χ1n) is 5.48. The molecule has 0 amide bonds. The molecule has 0 aromatic rings. The van der Waals surface area contributed by atoms with Gasteiger partial charge in [0, 0.05) is 12.6 Å². The molecule has 13 heavy (non-hydrogen) atoms. The molecular formula is C11H24N2. The van der Waals surface area contributed by atoms with Crippen molar-refractivity contribution in [3.05, 3.63) is 0 Å². The summed E-state index contributed by atoms with van der Waals surface area (Å²) in [4.78, 5) is 4.90. The minimum absolute atomic E-state index is 0.736. The zero-order chi connectivity index (χ0) is 9.84. The number of nitrogens with zero attached hydrogens (tertiary/aromatic N) is 2. The van der Waals surface area contributed by atoms with Crippen molar-refractivity contribution in [3.63, 3.8) is 0 Å². The Labute approximate surface area is 82.9 Å². The van der Waals surface area contributed by atoms with E-state index in [1.54, 1.807) is 0 Å². The quantitative estimate of drug-likeness (QED) is 0.658. The van der Waals surface area contributed by atoms with Gasteiger partial charge in [-0.25, -0.2) is 0 Å². The summed E-state index contributed by atoms with van der Waals surface area (Å²) < 4.78 is 0. The van der Waals surface area contributed by atoms with E-state index in [2.05, 4.69) is 37.7 Å². The van der Waals surface area contributed by atoms with Crippen molar-refractivity contribution in [2.45, 2.75) is 32.7 Å². The van der Waals surface area contributed by atoms with Gasteiger partial charge in [-0.15, -0.1) is 0 Å². The van der Waals surface area contributed by atoms with E-state index in [9.17, 15) is 0 Å². The van der Waals surface area contributed by atoms with Crippen LogP contribution in [0.1, 0.15) is 26.7 Å². The first-order chi connectivity index (χ1) is 6.09.